The summed E-state index contributed by atoms with van der Waals surface area (Å²) in [5.41, 5.74) is 4.10. The normalized spacial score (nSPS) is 18.6. The van der Waals surface area contributed by atoms with Crippen molar-refractivity contribution < 1.29 is 51.0 Å². The van der Waals surface area contributed by atoms with Crippen molar-refractivity contribution >= 4 is 6.08 Å². The van der Waals surface area contributed by atoms with Crippen molar-refractivity contribution in [2.75, 3.05) is 0 Å². The zero-order valence-corrected chi connectivity index (χ0v) is 13.1. The summed E-state index contributed by atoms with van der Waals surface area (Å²) >= 11 is 0. The summed E-state index contributed by atoms with van der Waals surface area (Å²) in [5, 5.41) is 0. The number of allylic oxidation sites excluding steroid dienone is 5. The Bertz CT molecular complexity index is 461. The molecule has 0 saturated heterocycles. The molecule has 0 amide bonds. The van der Waals surface area contributed by atoms with Gasteiger partial charge < -0.3 is 24.8 Å². The number of benzene rings is 1. The molecule has 0 heterocycles. The maximum absolute atomic E-state index is 3.39. The molecule has 0 nitrogen and oxygen atoms in total. The molecule has 0 fully saturated rings. The first-order chi connectivity index (χ1) is 6.95. The summed E-state index contributed by atoms with van der Waals surface area (Å²) in [7, 11) is 0. The van der Waals surface area contributed by atoms with Gasteiger partial charge in [-0.15, -0.1) is 6.42 Å². The molecule has 85 valence electrons. The van der Waals surface area contributed by atoms with Crippen LogP contribution in [0.4, 0.5) is 0 Å². The molecule has 1 aromatic rings. The first kappa shape index (κ1) is 16.9. The van der Waals surface area contributed by atoms with Gasteiger partial charge in [0, 0.05) is 0 Å². The Morgan fingerprint density at radius 3 is 2.53 bits per heavy atom. The first-order valence-corrected chi connectivity index (χ1v) is 4.99. The van der Waals surface area contributed by atoms with E-state index in [1.807, 2.05) is 0 Å². The van der Waals surface area contributed by atoms with Gasteiger partial charge >= 0.3 is 26.2 Å². The van der Waals surface area contributed by atoms with Crippen LogP contribution < -0.4 is 24.8 Å². The largest absolute Gasteiger partial charge is 3.00 e. The van der Waals surface area contributed by atoms with E-state index in [9.17, 15) is 0 Å². The Kier molecular flexibility index (Phi) is 7.32. The van der Waals surface area contributed by atoms with Crippen LogP contribution in [-0.4, -0.2) is 0 Å². The minimum absolute atomic E-state index is 0. The minimum Gasteiger partial charge on any atom is -1.00 e. The van der Waals surface area contributed by atoms with E-state index < -0.39 is 0 Å². The second-order valence-electron chi connectivity index (χ2n) is 3.70. The van der Waals surface area contributed by atoms with Gasteiger partial charge in [-0.25, -0.2) is 11.6 Å². The average Bonchev–Trinajstić information content (AvgIpc) is 2.85. The van der Waals surface area contributed by atoms with Crippen molar-refractivity contribution in [3.8, 4) is 0 Å². The molecule has 2 aliphatic rings. The van der Waals surface area contributed by atoms with Crippen LogP contribution >= 0.6 is 0 Å². The summed E-state index contributed by atoms with van der Waals surface area (Å²) in [4.78, 5) is 0. The molecule has 17 heavy (non-hydrogen) atoms. The average molecular weight is 341 g/mol. The summed E-state index contributed by atoms with van der Waals surface area (Å²) in [6.07, 6.45) is 13.2. The topological polar surface area (TPSA) is 0 Å². The molecular weight excluding hydrogens is 330 g/mol. The maximum atomic E-state index is 3.39. The van der Waals surface area contributed by atoms with Crippen molar-refractivity contribution in [3.63, 3.8) is 0 Å². The zero-order valence-electron chi connectivity index (χ0n) is 9.16. The fourth-order valence-electron chi connectivity index (χ4n) is 2.16. The van der Waals surface area contributed by atoms with Crippen LogP contribution in [0.3, 0.4) is 0 Å². The van der Waals surface area contributed by atoms with Gasteiger partial charge in [-0.3, -0.25) is 6.08 Å². The number of halogens is 2. The minimum atomic E-state index is 0. The fraction of sp³-hybridized carbons (Fsp3) is 0.143. The van der Waals surface area contributed by atoms with Gasteiger partial charge in [0.05, 0.1) is 0 Å². The maximum Gasteiger partial charge on any atom is 3.00 e. The smallest absolute Gasteiger partial charge is 1.00 e. The zero-order chi connectivity index (χ0) is 9.38. The van der Waals surface area contributed by atoms with Crippen LogP contribution in [0.5, 0.6) is 0 Å². The van der Waals surface area contributed by atoms with E-state index in [4.69, 9.17) is 0 Å². The van der Waals surface area contributed by atoms with E-state index in [0.29, 0.717) is 5.92 Å². The molecule has 3 rings (SSSR count). The van der Waals surface area contributed by atoms with Gasteiger partial charge in [0.25, 0.3) is 0 Å². The van der Waals surface area contributed by atoms with Crippen molar-refractivity contribution in [2.24, 2.45) is 0 Å². The molecular formula is C14H11Cl2Zr. The second-order valence-corrected chi connectivity index (χ2v) is 3.70. The van der Waals surface area contributed by atoms with Crippen LogP contribution in [0, 0.1) is 6.08 Å². The molecule has 0 aromatic heterocycles. The Morgan fingerprint density at radius 1 is 1.06 bits per heavy atom. The summed E-state index contributed by atoms with van der Waals surface area (Å²) in [6.45, 7) is 0. The molecule has 1 aromatic carbocycles. The van der Waals surface area contributed by atoms with Crippen LogP contribution in [0.25, 0.3) is 6.08 Å². The van der Waals surface area contributed by atoms with Gasteiger partial charge in [-0.05, 0) is 17.0 Å². The molecule has 0 spiro atoms. The molecule has 1 radical (unpaired) electrons. The predicted octanol–water partition coefficient (Wildman–Crippen LogP) is -2.51. The van der Waals surface area contributed by atoms with Crippen LogP contribution in [0.15, 0.2) is 48.1 Å². The van der Waals surface area contributed by atoms with E-state index in [1.165, 1.54) is 16.7 Å². The van der Waals surface area contributed by atoms with Gasteiger partial charge in [0.1, 0.15) is 0 Å². The molecule has 2 aliphatic carbocycles. The molecule has 1 atom stereocenters. The van der Waals surface area contributed by atoms with E-state index in [0.717, 1.165) is 6.42 Å². The van der Waals surface area contributed by atoms with Crippen LogP contribution in [-0.2, 0) is 26.2 Å². The number of hydrogen-bond acceptors (Lipinski definition) is 0. The van der Waals surface area contributed by atoms with Crippen molar-refractivity contribution in [1.82, 2.24) is 0 Å². The summed E-state index contributed by atoms with van der Waals surface area (Å²) in [6, 6.07) is 8.58. The number of fused-ring (bicyclic) bond motifs is 1. The third kappa shape index (κ3) is 3.22. The van der Waals surface area contributed by atoms with E-state index in [-0.39, 0.29) is 51.0 Å². The van der Waals surface area contributed by atoms with E-state index in [2.05, 4.69) is 54.6 Å². The molecule has 1 unspecified atom stereocenters. The second kappa shape index (κ2) is 7.36. The van der Waals surface area contributed by atoms with Crippen molar-refractivity contribution in [1.29, 1.82) is 0 Å². The first-order valence-electron chi connectivity index (χ1n) is 4.99. The number of rotatable bonds is 1. The van der Waals surface area contributed by atoms with E-state index in [1.54, 1.807) is 0 Å². The predicted molar refractivity (Wildman–Crippen MR) is 58.7 cm³/mol. The summed E-state index contributed by atoms with van der Waals surface area (Å²) in [5.74, 6) is 0.449. The Balaban J connectivity index is 0.000000853. The Labute approximate surface area is 134 Å². The molecule has 0 N–H and O–H groups in total. The van der Waals surface area contributed by atoms with Gasteiger partial charge in [0.2, 0.25) is 0 Å². The third-order valence-electron chi connectivity index (χ3n) is 2.86. The van der Waals surface area contributed by atoms with Gasteiger partial charge in [-0.2, -0.15) is 6.08 Å². The van der Waals surface area contributed by atoms with Crippen LogP contribution in [0.2, 0.25) is 0 Å². The Morgan fingerprint density at radius 2 is 1.82 bits per heavy atom. The van der Waals surface area contributed by atoms with Gasteiger partial charge in [-0.1, -0.05) is 36.4 Å². The Hall–Kier alpha value is -0.0969. The van der Waals surface area contributed by atoms with Crippen molar-refractivity contribution in [3.05, 3.63) is 65.3 Å². The molecule has 0 saturated carbocycles. The number of hydrogen-bond donors (Lipinski definition) is 0. The SMILES string of the molecule is [C-]1=C(C2C=Cc3ccccc32)C=CC1.[Cl-].[Cl-].[Zr+3]. The standard InChI is InChI=1S/C14H11.2ClH.Zr/c1-2-6-11(5-1)14-10-9-12-7-3-4-8-13(12)14;;;/h1,3-5,7-10,14H,2H2;2*1H;/q-1;;;+3/p-2. The monoisotopic (exact) mass is 339 g/mol. The fourth-order valence-corrected chi connectivity index (χ4v) is 2.16. The van der Waals surface area contributed by atoms with Crippen molar-refractivity contribution in [2.45, 2.75) is 12.3 Å². The quantitative estimate of drug-likeness (QED) is 0.495. The van der Waals surface area contributed by atoms with Crippen LogP contribution in [0.1, 0.15) is 23.5 Å². The molecule has 0 aliphatic heterocycles. The van der Waals surface area contributed by atoms with E-state index >= 15 is 0 Å². The summed E-state index contributed by atoms with van der Waals surface area (Å²) < 4.78 is 0. The molecule has 3 heteroatoms. The molecule has 0 bridgehead atoms. The van der Waals surface area contributed by atoms with Gasteiger partial charge in [0.15, 0.2) is 0 Å². The third-order valence-corrected chi connectivity index (χ3v) is 2.86.